The third-order valence-electron chi connectivity index (χ3n) is 2.22. The van der Waals surface area contributed by atoms with Gasteiger partial charge < -0.3 is 5.32 Å². The van der Waals surface area contributed by atoms with Crippen LogP contribution < -0.4 is 5.32 Å². The lowest BCUT2D eigenvalue weighted by Gasteiger charge is -2.09. The summed E-state index contributed by atoms with van der Waals surface area (Å²) in [6, 6.07) is 0.644. The van der Waals surface area contributed by atoms with Gasteiger partial charge in [0.05, 0.1) is 6.54 Å². The molecular weight excluding hydrogens is 184 g/mol. The third kappa shape index (κ3) is 2.45. The van der Waals surface area contributed by atoms with Crippen molar-refractivity contribution >= 4 is 11.8 Å². The molecule has 2 heterocycles. The van der Waals surface area contributed by atoms with Crippen LogP contribution in [0.3, 0.4) is 0 Å². The monoisotopic (exact) mass is 198 g/mol. The Kier molecular flexibility index (Phi) is 2.85. The summed E-state index contributed by atoms with van der Waals surface area (Å²) in [7, 11) is 0. The summed E-state index contributed by atoms with van der Waals surface area (Å²) in [5.41, 5.74) is 0. The Morgan fingerprint density at radius 1 is 1.77 bits per heavy atom. The zero-order chi connectivity index (χ0) is 9.10. The maximum absolute atomic E-state index is 4.06. The van der Waals surface area contributed by atoms with Crippen LogP contribution in [0, 0.1) is 0 Å². The zero-order valence-electron chi connectivity index (χ0n) is 7.66. The number of nitrogens with one attached hydrogen (secondary N) is 2. The van der Waals surface area contributed by atoms with E-state index in [9.17, 15) is 0 Å². The number of H-pyrrole nitrogens is 1. The van der Waals surface area contributed by atoms with Gasteiger partial charge >= 0.3 is 0 Å². The molecule has 2 unspecified atom stereocenters. The second kappa shape index (κ2) is 4.11. The second-order valence-corrected chi connectivity index (χ2v) is 4.86. The van der Waals surface area contributed by atoms with E-state index in [1.54, 1.807) is 6.33 Å². The van der Waals surface area contributed by atoms with Crippen molar-refractivity contribution in [2.45, 2.75) is 31.2 Å². The Bertz CT molecular complexity index is 249. The summed E-state index contributed by atoms with van der Waals surface area (Å²) in [6.45, 7) is 3.08. The molecule has 1 aliphatic rings. The van der Waals surface area contributed by atoms with Gasteiger partial charge in [-0.15, -0.1) is 0 Å². The van der Waals surface area contributed by atoms with E-state index in [2.05, 4.69) is 27.4 Å². The minimum absolute atomic E-state index is 0.644. The maximum Gasteiger partial charge on any atom is 0.138 e. The number of nitrogens with zero attached hydrogens (tertiary/aromatic N) is 2. The van der Waals surface area contributed by atoms with Gasteiger partial charge in [-0.25, -0.2) is 4.98 Å². The predicted octanol–water partition coefficient (Wildman–Crippen LogP) is 0.788. The SMILES string of the molecule is CC1CC(NCc2ncn[nH]2)CS1. The fraction of sp³-hybridized carbons (Fsp3) is 0.750. The molecule has 0 saturated carbocycles. The maximum atomic E-state index is 4.06. The Hall–Kier alpha value is -0.550. The number of hydrogen-bond acceptors (Lipinski definition) is 4. The first-order chi connectivity index (χ1) is 6.34. The Balaban J connectivity index is 1.74. The van der Waals surface area contributed by atoms with Crippen molar-refractivity contribution in [3.63, 3.8) is 0 Å². The largest absolute Gasteiger partial charge is 0.306 e. The van der Waals surface area contributed by atoms with Crippen LogP contribution in [-0.2, 0) is 6.54 Å². The molecule has 72 valence electrons. The van der Waals surface area contributed by atoms with Crippen LogP contribution in [0.5, 0.6) is 0 Å². The number of rotatable bonds is 3. The molecule has 2 rings (SSSR count). The van der Waals surface area contributed by atoms with Crippen LogP contribution in [0.1, 0.15) is 19.2 Å². The standard InChI is InChI=1S/C8H14N4S/c1-6-2-7(4-13-6)9-3-8-10-5-11-12-8/h5-7,9H,2-4H2,1H3,(H,10,11,12). The normalized spacial score (nSPS) is 28.1. The molecule has 0 bridgehead atoms. The highest BCUT2D eigenvalue weighted by molar-refractivity contribution is 8.00. The van der Waals surface area contributed by atoms with Crippen molar-refractivity contribution in [1.82, 2.24) is 20.5 Å². The van der Waals surface area contributed by atoms with Gasteiger partial charge in [0.2, 0.25) is 0 Å². The molecule has 1 aromatic heterocycles. The van der Waals surface area contributed by atoms with E-state index in [0.29, 0.717) is 6.04 Å². The van der Waals surface area contributed by atoms with Crippen molar-refractivity contribution < 1.29 is 0 Å². The molecule has 1 aromatic rings. The van der Waals surface area contributed by atoms with Crippen LogP contribution in [0.2, 0.25) is 0 Å². The lowest BCUT2D eigenvalue weighted by atomic mass is 10.2. The smallest absolute Gasteiger partial charge is 0.138 e. The molecule has 1 aliphatic heterocycles. The fourth-order valence-electron chi connectivity index (χ4n) is 1.52. The van der Waals surface area contributed by atoms with E-state index in [-0.39, 0.29) is 0 Å². The van der Waals surface area contributed by atoms with E-state index in [1.165, 1.54) is 12.2 Å². The summed E-state index contributed by atoms with van der Waals surface area (Å²) in [5, 5.41) is 10.9. The quantitative estimate of drug-likeness (QED) is 0.754. The van der Waals surface area contributed by atoms with Crippen molar-refractivity contribution in [1.29, 1.82) is 0 Å². The van der Waals surface area contributed by atoms with E-state index < -0.39 is 0 Å². The Labute approximate surface area is 81.9 Å². The molecule has 0 spiro atoms. The lowest BCUT2D eigenvalue weighted by molar-refractivity contribution is 0.528. The first-order valence-electron chi connectivity index (χ1n) is 4.54. The van der Waals surface area contributed by atoms with Crippen LogP contribution in [0.15, 0.2) is 6.33 Å². The van der Waals surface area contributed by atoms with Gasteiger partial charge in [0, 0.05) is 17.0 Å². The van der Waals surface area contributed by atoms with Crippen LogP contribution in [0.25, 0.3) is 0 Å². The van der Waals surface area contributed by atoms with E-state index in [1.807, 2.05) is 11.8 Å². The van der Waals surface area contributed by atoms with Gasteiger partial charge in [-0.3, -0.25) is 5.10 Å². The first-order valence-corrected chi connectivity index (χ1v) is 5.58. The average molecular weight is 198 g/mol. The van der Waals surface area contributed by atoms with Crippen molar-refractivity contribution in [2.24, 2.45) is 0 Å². The van der Waals surface area contributed by atoms with Gasteiger partial charge in [-0.05, 0) is 6.42 Å². The van der Waals surface area contributed by atoms with Crippen molar-refractivity contribution in [3.8, 4) is 0 Å². The summed E-state index contributed by atoms with van der Waals surface area (Å²) in [5.74, 6) is 2.14. The molecular formula is C8H14N4S. The fourth-order valence-corrected chi connectivity index (χ4v) is 2.70. The third-order valence-corrected chi connectivity index (χ3v) is 3.58. The molecule has 13 heavy (non-hydrogen) atoms. The van der Waals surface area contributed by atoms with Crippen LogP contribution in [-0.4, -0.2) is 32.2 Å². The van der Waals surface area contributed by atoms with Gasteiger partial charge in [0.1, 0.15) is 12.2 Å². The van der Waals surface area contributed by atoms with Crippen LogP contribution in [0.4, 0.5) is 0 Å². The summed E-state index contributed by atoms with van der Waals surface area (Å²) >= 11 is 2.03. The van der Waals surface area contributed by atoms with E-state index in [0.717, 1.165) is 17.6 Å². The summed E-state index contributed by atoms with van der Waals surface area (Å²) in [6.07, 6.45) is 2.81. The molecule has 0 aromatic carbocycles. The molecule has 4 nitrogen and oxygen atoms in total. The number of aromatic amines is 1. The highest BCUT2D eigenvalue weighted by Gasteiger charge is 2.21. The zero-order valence-corrected chi connectivity index (χ0v) is 8.47. The van der Waals surface area contributed by atoms with Gasteiger partial charge in [-0.2, -0.15) is 16.9 Å². The molecule has 2 atom stereocenters. The predicted molar refractivity (Wildman–Crippen MR) is 53.5 cm³/mol. The Morgan fingerprint density at radius 3 is 3.31 bits per heavy atom. The molecule has 1 fully saturated rings. The molecule has 1 saturated heterocycles. The van der Waals surface area contributed by atoms with E-state index >= 15 is 0 Å². The van der Waals surface area contributed by atoms with Crippen LogP contribution >= 0.6 is 11.8 Å². The highest BCUT2D eigenvalue weighted by Crippen LogP contribution is 2.25. The molecule has 0 aliphatic carbocycles. The number of hydrogen-bond donors (Lipinski definition) is 2. The van der Waals surface area contributed by atoms with E-state index in [4.69, 9.17) is 0 Å². The highest BCUT2D eigenvalue weighted by atomic mass is 32.2. The van der Waals surface area contributed by atoms with Gasteiger partial charge in [-0.1, -0.05) is 6.92 Å². The minimum Gasteiger partial charge on any atom is -0.306 e. The summed E-state index contributed by atoms with van der Waals surface area (Å²) < 4.78 is 0. The molecule has 2 N–H and O–H groups in total. The van der Waals surface area contributed by atoms with Crippen molar-refractivity contribution in [2.75, 3.05) is 5.75 Å². The Morgan fingerprint density at radius 2 is 2.69 bits per heavy atom. The topological polar surface area (TPSA) is 53.6 Å². The average Bonchev–Trinajstić information content (AvgIpc) is 2.71. The van der Waals surface area contributed by atoms with Crippen molar-refractivity contribution in [3.05, 3.63) is 12.2 Å². The number of thioether (sulfide) groups is 1. The molecule has 0 radical (unpaired) electrons. The summed E-state index contributed by atoms with van der Waals surface area (Å²) in [4.78, 5) is 4.06. The van der Waals surface area contributed by atoms with Gasteiger partial charge in [0.15, 0.2) is 0 Å². The first kappa shape index (κ1) is 9.02. The minimum atomic E-state index is 0.644. The molecule has 5 heteroatoms. The number of aromatic nitrogens is 3. The second-order valence-electron chi connectivity index (χ2n) is 3.39. The lowest BCUT2D eigenvalue weighted by Crippen LogP contribution is -2.28. The molecule has 0 amide bonds. The van der Waals surface area contributed by atoms with Gasteiger partial charge in [0.25, 0.3) is 0 Å².